The van der Waals surface area contributed by atoms with Crippen LogP contribution in [0.5, 0.6) is 5.75 Å². The van der Waals surface area contributed by atoms with E-state index in [9.17, 15) is 14.9 Å². The van der Waals surface area contributed by atoms with E-state index in [0.717, 1.165) is 34.8 Å². The molecule has 0 aliphatic rings. The molecule has 12 heteroatoms. The number of nitrogens with one attached hydrogen (secondary N) is 2. The number of aromatic nitrogens is 1. The summed E-state index contributed by atoms with van der Waals surface area (Å²) in [5, 5.41) is 21.2. The molecule has 0 unspecified atom stereocenters. The molecule has 0 saturated carbocycles. The van der Waals surface area contributed by atoms with E-state index in [1.165, 1.54) is 29.0 Å². The Bertz CT molecular complexity index is 1790. The van der Waals surface area contributed by atoms with Crippen LogP contribution >= 0.6 is 56.5 Å². The van der Waals surface area contributed by atoms with Crippen LogP contribution < -0.4 is 15.5 Å². The maximum Gasteiger partial charge on any atom is 0.271 e. The first-order valence-electron chi connectivity index (χ1n) is 12.8. The second kappa shape index (κ2) is 14.1. The fourth-order valence-electron chi connectivity index (χ4n) is 3.95. The number of ether oxygens (including phenoxy) is 1. The van der Waals surface area contributed by atoms with Gasteiger partial charge in [0.05, 0.1) is 24.0 Å². The Labute approximate surface area is 278 Å². The number of rotatable bonds is 10. The number of amides is 1. The Morgan fingerprint density at radius 2 is 1.77 bits per heavy atom. The molecule has 5 rings (SSSR count). The summed E-state index contributed by atoms with van der Waals surface area (Å²) < 4.78 is 7.65. The van der Waals surface area contributed by atoms with Crippen molar-refractivity contribution < 1.29 is 14.5 Å². The lowest BCUT2D eigenvalue weighted by atomic mass is 10.1. The van der Waals surface area contributed by atoms with Crippen LogP contribution in [0.2, 0.25) is 0 Å². The number of nitro benzene ring substituents is 1. The second-order valence-corrected chi connectivity index (χ2v) is 12.5. The number of carbonyl (C=O) groups excluding carboxylic acids is 1. The zero-order valence-corrected chi connectivity index (χ0v) is 27.7. The van der Waals surface area contributed by atoms with Gasteiger partial charge in [-0.3, -0.25) is 14.9 Å². The zero-order valence-electron chi connectivity index (χ0n) is 22.6. The molecule has 5 aromatic rings. The van der Waals surface area contributed by atoms with Gasteiger partial charge in [-0.25, -0.2) is 10.4 Å². The molecule has 4 aromatic carbocycles. The summed E-state index contributed by atoms with van der Waals surface area (Å²) in [5.41, 5.74) is 8.46. The molecule has 0 radical (unpaired) electrons. The molecule has 1 aromatic heterocycles. The Hall–Kier alpha value is -3.89. The Kier molecular flexibility index (Phi) is 9.99. The minimum atomic E-state index is -0.428. The number of hydrogen-bond acceptors (Lipinski definition) is 8. The van der Waals surface area contributed by atoms with Gasteiger partial charge in [-0.1, -0.05) is 42.0 Å². The number of thiazole rings is 1. The van der Waals surface area contributed by atoms with Gasteiger partial charge in [-0.05, 0) is 99.6 Å². The molecule has 216 valence electrons. The number of nitrogens with zero attached hydrogens (tertiary/aromatic N) is 3. The third kappa shape index (κ3) is 8.14. The molecule has 9 nitrogen and oxygen atoms in total. The lowest BCUT2D eigenvalue weighted by Crippen LogP contribution is -2.17. The van der Waals surface area contributed by atoms with E-state index in [2.05, 4.69) is 66.0 Å². The van der Waals surface area contributed by atoms with Crippen LogP contribution in [0.25, 0.3) is 11.3 Å². The number of hydrogen-bond donors (Lipinski definition) is 2. The Balaban J connectivity index is 1.16. The van der Waals surface area contributed by atoms with Crippen molar-refractivity contribution >= 4 is 85.1 Å². The average molecular weight is 815 g/mol. The van der Waals surface area contributed by atoms with Gasteiger partial charge >= 0.3 is 0 Å². The molecular formula is C31H23I2N5O4S. The van der Waals surface area contributed by atoms with Crippen LogP contribution in [-0.4, -0.2) is 22.0 Å². The summed E-state index contributed by atoms with van der Waals surface area (Å²) in [5.74, 6) is 0.344. The Morgan fingerprint density at radius 3 is 2.47 bits per heavy atom. The van der Waals surface area contributed by atoms with E-state index in [0.29, 0.717) is 16.9 Å². The fraction of sp³-hybridized carbons (Fsp3) is 0.0645. The molecule has 0 fully saturated rings. The third-order valence-electron chi connectivity index (χ3n) is 6.15. The van der Waals surface area contributed by atoms with E-state index in [4.69, 9.17) is 4.74 Å². The van der Waals surface area contributed by atoms with Crippen LogP contribution in [0.15, 0.2) is 95.4 Å². The molecule has 0 spiro atoms. The number of hydrazone groups is 1. The van der Waals surface area contributed by atoms with Gasteiger partial charge in [-0.2, -0.15) is 5.10 Å². The van der Waals surface area contributed by atoms with Crippen molar-refractivity contribution in [3.63, 3.8) is 0 Å². The minimum absolute atomic E-state index is 0.0234. The molecule has 1 heterocycles. The highest BCUT2D eigenvalue weighted by Crippen LogP contribution is 2.30. The number of aryl methyl sites for hydroxylation is 1. The molecule has 1 amide bonds. The summed E-state index contributed by atoms with van der Waals surface area (Å²) in [6.07, 6.45) is 1.57. The van der Waals surface area contributed by atoms with E-state index in [1.54, 1.807) is 30.5 Å². The van der Waals surface area contributed by atoms with Crippen molar-refractivity contribution in [2.24, 2.45) is 5.10 Å². The first-order valence-corrected chi connectivity index (χ1v) is 15.9. The molecule has 0 aliphatic heterocycles. The lowest BCUT2D eigenvalue weighted by Gasteiger charge is -2.11. The highest BCUT2D eigenvalue weighted by molar-refractivity contribution is 14.1. The number of carbonyl (C=O) groups is 1. The molecule has 0 saturated heterocycles. The number of anilines is 2. The van der Waals surface area contributed by atoms with Gasteiger partial charge in [0, 0.05) is 34.3 Å². The maximum absolute atomic E-state index is 12.7. The summed E-state index contributed by atoms with van der Waals surface area (Å²) in [4.78, 5) is 27.9. The van der Waals surface area contributed by atoms with Gasteiger partial charge < -0.3 is 10.1 Å². The highest BCUT2D eigenvalue weighted by Gasteiger charge is 2.12. The standard InChI is InChI=1S/C31H23I2N5O4S/c1-19-5-11-24(12-6-19)35-31-36-28(18-43-31)22-7-9-23(10-8-22)30(39)37-34-16-21-14-26(32)29(27(33)15-21)42-17-20-3-2-4-25(13-20)38(40)41/h2-16,18H,17H2,1H3,(H,35,36)(H,37,39)/b34-16-. The van der Waals surface area contributed by atoms with E-state index in [1.807, 2.05) is 60.8 Å². The van der Waals surface area contributed by atoms with Gasteiger partial charge in [0.1, 0.15) is 12.4 Å². The monoisotopic (exact) mass is 815 g/mol. The van der Waals surface area contributed by atoms with Crippen molar-refractivity contribution in [3.05, 3.63) is 130 Å². The molecule has 0 bridgehead atoms. The van der Waals surface area contributed by atoms with Crippen LogP contribution in [-0.2, 0) is 6.61 Å². The predicted molar refractivity (Wildman–Crippen MR) is 186 cm³/mol. The Morgan fingerprint density at radius 1 is 1.05 bits per heavy atom. The average Bonchev–Trinajstić information content (AvgIpc) is 3.46. The van der Waals surface area contributed by atoms with Crippen LogP contribution in [0.4, 0.5) is 16.5 Å². The van der Waals surface area contributed by atoms with E-state index >= 15 is 0 Å². The summed E-state index contributed by atoms with van der Waals surface area (Å²) >= 11 is 5.85. The molecule has 43 heavy (non-hydrogen) atoms. The largest absolute Gasteiger partial charge is 0.487 e. The smallest absolute Gasteiger partial charge is 0.271 e. The molecule has 0 atom stereocenters. The highest BCUT2D eigenvalue weighted by atomic mass is 127. The number of non-ortho nitro benzene ring substituents is 1. The molecule has 2 N–H and O–H groups in total. The van der Waals surface area contributed by atoms with Gasteiger partial charge in [0.25, 0.3) is 11.6 Å². The SMILES string of the molecule is Cc1ccc(Nc2nc(-c3ccc(C(=O)N/N=C\c4cc(I)c(OCc5cccc([N+](=O)[O-])c5)c(I)c4)cc3)cs2)cc1. The van der Waals surface area contributed by atoms with Crippen molar-refractivity contribution in [1.29, 1.82) is 0 Å². The van der Waals surface area contributed by atoms with Crippen LogP contribution in [0, 0.1) is 24.2 Å². The van der Waals surface area contributed by atoms with Crippen LogP contribution in [0.1, 0.15) is 27.0 Å². The fourth-order valence-corrected chi connectivity index (χ4v) is 6.82. The van der Waals surface area contributed by atoms with E-state index < -0.39 is 4.92 Å². The van der Waals surface area contributed by atoms with Crippen molar-refractivity contribution in [1.82, 2.24) is 10.4 Å². The summed E-state index contributed by atoms with van der Waals surface area (Å²) in [7, 11) is 0. The topological polar surface area (TPSA) is 119 Å². The van der Waals surface area contributed by atoms with Gasteiger partial charge in [0.2, 0.25) is 0 Å². The number of benzene rings is 4. The lowest BCUT2D eigenvalue weighted by molar-refractivity contribution is -0.384. The van der Waals surface area contributed by atoms with E-state index in [-0.39, 0.29) is 18.2 Å². The third-order valence-corrected chi connectivity index (χ3v) is 8.52. The minimum Gasteiger partial charge on any atom is -0.487 e. The van der Waals surface area contributed by atoms with Gasteiger partial charge in [0.15, 0.2) is 5.13 Å². The first kappa shape index (κ1) is 30.6. The summed E-state index contributed by atoms with van der Waals surface area (Å²) in [6, 6.07) is 25.5. The quantitative estimate of drug-likeness (QED) is 0.0634. The van der Waals surface area contributed by atoms with Crippen molar-refractivity contribution in [2.45, 2.75) is 13.5 Å². The predicted octanol–water partition coefficient (Wildman–Crippen LogP) is 8.32. The van der Waals surface area contributed by atoms with Crippen molar-refractivity contribution in [2.75, 3.05) is 5.32 Å². The van der Waals surface area contributed by atoms with Gasteiger partial charge in [-0.15, -0.1) is 11.3 Å². The second-order valence-electron chi connectivity index (χ2n) is 9.33. The number of nitro groups is 1. The molecule has 0 aliphatic carbocycles. The first-order chi connectivity index (χ1) is 20.7. The normalized spacial score (nSPS) is 11.0. The number of halogens is 2. The maximum atomic E-state index is 12.7. The summed E-state index contributed by atoms with van der Waals surface area (Å²) in [6.45, 7) is 2.25. The van der Waals surface area contributed by atoms with Crippen LogP contribution in [0.3, 0.4) is 0 Å². The van der Waals surface area contributed by atoms with Crippen molar-refractivity contribution in [3.8, 4) is 17.0 Å². The zero-order chi connectivity index (χ0) is 30.3. The molecular weight excluding hydrogens is 792 g/mol.